The minimum atomic E-state index is -0.178. The van der Waals surface area contributed by atoms with E-state index in [1.807, 2.05) is 25.9 Å². The first-order chi connectivity index (χ1) is 7.41. The number of aromatic amines is 1. The lowest BCUT2D eigenvalue weighted by molar-refractivity contribution is 0.262. The molecular formula is C10H14IN3O2. The van der Waals surface area contributed by atoms with Crippen LogP contribution in [-0.4, -0.2) is 23.0 Å². The van der Waals surface area contributed by atoms with Crippen molar-refractivity contribution >= 4 is 32.3 Å². The molecule has 1 rings (SSSR count). The van der Waals surface area contributed by atoms with E-state index < -0.39 is 0 Å². The highest BCUT2D eigenvalue weighted by atomic mass is 127. The summed E-state index contributed by atoms with van der Waals surface area (Å²) in [6, 6.07) is 1.53. The molecule has 6 heteroatoms. The number of aromatic nitrogens is 1. The van der Waals surface area contributed by atoms with Crippen LogP contribution in [0.2, 0.25) is 0 Å². The molecule has 0 atom stereocenters. The van der Waals surface area contributed by atoms with Crippen molar-refractivity contribution in [3.8, 4) is 0 Å². The SMILES string of the molecule is Cc1cc(=O)c(CNC(=O)I)c(N(C)C)[nH]1. The highest BCUT2D eigenvalue weighted by Crippen LogP contribution is 2.12. The minimum Gasteiger partial charge on any atom is -0.364 e. The molecule has 1 aromatic heterocycles. The van der Waals surface area contributed by atoms with Gasteiger partial charge >= 0.3 is 0 Å². The number of rotatable bonds is 3. The number of hydrogen-bond acceptors (Lipinski definition) is 3. The summed E-state index contributed by atoms with van der Waals surface area (Å²) in [6.45, 7) is 2.07. The smallest absolute Gasteiger partial charge is 0.280 e. The van der Waals surface area contributed by atoms with E-state index in [4.69, 9.17) is 0 Å². The number of carbonyl (C=O) groups is 1. The summed E-state index contributed by atoms with van der Waals surface area (Å²) in [5.74, 6) is 0.732. The maximum Gasteiger partial charge on any atom is 0.280 e. The second kappa shape index (κ2) is 5.33. The Hall–Kier alpha value is -1.05. The summed E-state index contributed by atoms with van der Waals surface area (Å²) in [6.07, 6.45) is 0. The number of anilines is 1. The highest BCUT2D eigenvalue weighted by molar-refractivity contribution is 14.1. The van der Waals surface area contributed by atoms with E-state index in [0.717, 1.165) is 11.5 Å². The standard InChI is InChI=1S/C10H14IN3O2/c1-6-4-8(15)7(5-12-10(11)16)9(13-6)14(2)3/h4H,5H2,1-3H3,(H,12,16)(H,13,15). The lowest BCUT2D eigenvalue weighted by Crippen LogP contribution is -2.26. The molecular weight excluding hydrogens is 321 g/mol. The summed E-state index contributed by atoms with van der Waals surface area (Å²) in [5.41, 5.74) is 1.31. The highest BCUT2D eigenvalue weighted by Gasteiger charge is 2.10. The first-order valence-electron chi connectivity index (χ1n) is 4.75. The maximum atomic E-state index is 11.8. The third-order valence-corrected chi connectivity index (χ3v) is 2.48. The van der Waals surface area contributed by atoms with Gasteiger partial charge in [0.15, 0.2) is 5.43 Å². The Morgan fingerprint density at radius 1 is 1.56 bits per heavy atom. The van der Waals surface area contributed by atoms with Crippen molar-refractivity contribution in [2.24, 2.45) is 0 Å². The van der Waals surface area contributed by atoms with Crippen molar-refractivity contribution in [3.63, 3.8) is 0 Å². The second-order valence-corrected chi connectivity index (χ2v) is 4.65. The molecule has 2 N–H and O–H groups in total. The van der Waals surface area contributed by atoms with E-state index in [2.05, 4.69) is 10.3 Å². The third kappa shape index (κ3) is 3.22. The van der Waals surface area contributed by atoms with Gasteiger partial charge in [0.05, 0.1) is 12.1 Å². The summed E-state index contributed by atoms with van der Waals surface area (Å²) in [7, 11) is 3.69. The molecule has 0 aliphatic heterocycles. The number of carbonyl (C=O) groups excluding carboxylic acids is 1. The van der Waals surface area contributed by atoms with E-state index in [1.165, 1.54) is 6.07 Å². The van der Waals surface area contributed by atoms with Gasteiger partial charge in [0.25, 0.3) is 3.91 Å². The van der Waals surface area contributed by atoms with Crippen LogP contribution in [0.25, 0.3) is 0 Å². The molecule has 1 aromatic rings. The number of nitrogens with one attached hydrogen (secondary N) is 2. The Kier molecular flexibility index (Phi) is 4.34. The van der Waals surface area contributed by atoms with Crippen molar-refractivity contribution in [3.05, 3.63) is 27.5 Å². The number of halogens is 1. The van der Waals surface area contributed by atoms with Crippen molar-refractivity contribution in [2.75, 3.05) is 19.0 Å². The number of H-pyrrole nitrogens is 1. The topological polar surface area (TPSA) is 65.2 Å². The van der Waals surface area contributed by atoms with Crippen LogP contribution in [0.5, 0.6) is 0 Å². The van der Waals surface area contributed by atoms with Crippen LogP contribution >= 0.6 is 22.6 Å². The predicted octanol–water partition coefficient (Wildman–Crippen LogP) is 1.39. The van der Waals surface area contributed by atoms with Crippen LogP contribution in [0.4, 0.5) is 10.6 Å². The van der Waals surface area contributed by atoms with Gasteiger partial charge in [-0.3, -0.25) is 9.59 Å². The Balaban J connectivity index is 3.14. The van der Waals surface area contributed by atoms with Crippen LogP contribution in [0, 0.1) is 6.92 Å². The van der Waals surface area contributed by atoms with Crippen LogP contribution in [0.1, 0.15) is 11.3 Å². The monoisotopic (exact) mass is 335 g/mol. The van der Waals surface area contributed by atoms with E-state index >= 15 is 0 Å². The molecule has 1 amide bonds. The van der Waals surface area contributed by atoms with E-state index in [0.29, 0.717) is 5.56 Å². The predicted molar refractivity (Wildman–Crippen MR) is 72.4 cm³/mol. The average Bonchev–Trinajstić information content (AvgIpc) is 2.14. The van der Waals surface area contributed by atoms with Gasteiger partial charge in [-0.25, -0.2) is 0 Å². The van der Waals surface area contributed by atoms with E-state index in [1.54, 1.807) is 22.6 Å². The summed E-state index contributed by atoms with van der Waals surface area (Å²) >= 11 is 1.64. The Morgan fingerprint density at radius 2 is 2.19 bits per heavy atom. The van der Waals surface area contributed by atoms with E-state index in [9.17, 15) is 9.59 Å². The molecule has 0 unspecified atom stereocenters. The zero-order valence-corrected chi connectivity index (χ0v) is 11.6. The minimum absolute atomic E-state index is 0.0647. The summed E-state index contributed by atoms with van der Waals surface area (Å²) in [5, 5.41) is 2.62. The molecule has 88 valence electrons. The molecule has 0 radical (unpaired) electrons. The maximum absolute atomic E-state index is 11.8. The first-order valence-corrected chi connectivity index (χ1v) is 5.83. The van der Waals surface area contributed by atoms with Gasteiger partial charge in [0, 0.05) is 48.4 Å². The number of aryl methyl sites for hydroxylation is 1. The van der Waals surface area contributed by atoms with Crippen molar-refractivity contribution in [2.45, 2.75) is 13.5 Å². The van der Waals surface area contributed by atoms with E-state index in [-0.39, 0.29) is 15.9 Å². The zero-order chi connectivity index (χ0) is 12.3. The molecule has 0 fully saturated rings. The van der Waals surface area contributed by atoms with Crippen molar-refractivity contribution in [1.29, 1.82) is 0 Å². The lowest BCUT2D eigenvalue weighted by atomic mass is 10.2. The first kappa shape index (κ1) is 13.0. The van der Waals surface area contributed by atoms with Gasteiger partial charge in [-0.1, -0.05) is 0 Å². The van der Waals surface area contributed by atoms with Crippen LogP contribution < -0.4 is 15.6 Å². The summed E-state index contributed by atoms with van der Waals surface area (Å²) in [4.78, 5) is 27.5. The molecule has 0 aliphatic rings. The van der Waals surface area contributed by atoms with Gasteiger partial charge in [-0.15, -0.1) is 0 Å². The quantitative estimate of drug-likeness (QED) is 0.499. The second-order valence-electron chi connectivity index (χ2n) is 3.67. The number of pyridine rings is 1. The van der Waals surface area contributed by atoms with Crippen LogP contribution in [0.15, 0.2) is 10.9 Å². The number of hydrogen-bond donors (Lipinski definition) is 2. The number of nitrogens with zero attached hydrogens (tertiary/aromatic N) is 1. The molecule has 0 saturated carbocycles. The van der Waals surface area contributed by atoms with Crippen LogP contribution in [0.3, 0.4) is 0 Å². The van der Waals surface area contributed by atoms with Crippen molar-refractivity contribution in [1.82, 2.24) is 10.3 Å². The molecule has 0 aliphatic carbocycles. The largest absolute Gasteiger partial charge is 0.364 e. The fourth-order valence-corrected chi connectivity index (χ4v) is 1.60. The number of amides is 1. The van der Waals surface area contributed by atoms with Crippen LogP contribution in [-0.2, 0) is 6.54 Å². The van der Waals surface area contributed by atoms with Gasteiger partial charge < -0.3 is 15.2 Å². The van der Waals surface area contributed by atoms with Gasteiger partial charge in [-0.2, -0.15) is 0 Å². The molecule has 0 bridgehead atoms. The molecule has 16 heavy (non-hydrogen) atoms. The molecule has 0 spiro atoms. The molecule has 1 heterocycles. The Morgan fingerprint density at radius 3 is 2.69 bits per heavy atom. The molecule has 0 saturated heterocycles. The zero-order valence-electron chi connectivity index (χ0n) is 9.43. The van der Waals surface area contributed by atoms with Gasteiger partial charge in [0.1, 0.15) is 5.82 Å². The average molecular weight is 335 g/mol. The Labute approximate surface area is 107 Å². The Bertz CT molecular complexity index is 454. The summed E-state index contributed by atoms with van der Waals surface area (Å²) < 4.78 is -0.178. The van der Waals surface area contributed by atoms with Crippen molar-refractivity contribution < 1.29 is 4.79 Å². The fraction of sp³-hybridized carbons (Fsp3) is 0.400. The lowest BCUT2D eigenvalue weighted by Gasteiger charge is -2.17. The third-order valence-electron chi connectivity index (χ3n) is 2.10. The fourth-order valence-electron chi connectivity index (χ4n) is 1.41. The normalized spacial score (nSPS) is 10.0. The molecule has 5 nitrogen and oxygen atoms in total. The van der Waals surface area contributed by atoms with Gasteiger partial charge in [0.2, 0.25) is 0 Å². The van der Waals surface area contributed by atoms with Gasteiger partial charge in [-0.05, 0) is 6.92 Å². The molecule has 0 aromatic carbocycles.